The molecule has 0 aliphatic carbocycles. The Bertz CT molecular complexity index is 639. The second-order valence-corrected chi connectivity index (χ2v) is 7.25. The fourth-order valence-electron chi connectivity index (χ4n) is 2.56. The summed E-state index contributed by atoms with van der Waals surface area (Å²) in [7, 11) is 0. The van der Waals surface area contributed by atoms with E-state index in [1.54, 1.807) is 17.3 Å². The number of aliphatic imine (C=N–C) groups is 2. The number of rotatable bonds is 1. The third kappa shape index (κ3) is 4.05. The van der Waals surface area contributed by atoms with Crippen LogP contribution in [0.1, 0.15) is 20.8 Å². The molecule has 3 heterocycles. The lowest BCUT2D eigenvalue weighted by Gasteiger charge is -2.33. The summed E-state index contributed by atoms with van der Waals surface area (Å²) in [4.78, 5) is 23.6. The standard InChI is InChI=1S/C15H19BrN4O3.ClH/c1-15(2,3)23-14(21)19-6-7-22-11(9-19)12-10-8-17-4-5-20(10)13(16)18-12;/h4-5,8,11H,6-7,9H2,1-3H3;1H. The monoisotopic (exact) mass is 418 g/mol. The van der Waals surface area contributed by atoms with Crippen LogP contribution in [0.5, 0.6) is 0 Å². The van der Waals surface area contributed by atoms with Crippen molar-refractivity contribution < 1.29 is 31.6 Å². The Morgan fingerprint density at radius 2 is 2.25 bits per heavy atom. The number of carbonyl (C=O) groups excluding carboxylic acids is 1. The average molecular weight is 420 g/mol. The first-order valence-corrected chi connectivity index (χ1v) is 8.30. The van der Waals surface area contributed by atoms with E-state index in [1.165, 1.54) is 0 Å². The van der Waals surface area contributed by atoms with Crippen LogP contribution in [-0.4, -0.2) is 53.4 Å². The third-order valence-electron chi connectivity index (χ3n) is 3.56. The van der Waals surface area contributed by atoms with Gasteiger partial charge in [-0.2, -0.15) is 4.99 Å². The zero-order chi connectivity index (χ0) is 16.6. The number of amidine groups is 1. The van der Waals surface area contributed by atoms with Crippen molar-refractivity contribution in [1.29, 1.82) is 0 Å². The summed E-state index contributed by atoms with van der Waals surface area (Å²) in [5, 5.41) is 0. The van der Waals surface area contributed by atoms with E-state index in [2.05, 4.69) is 25.9 Å². The number of hydrogen-bond donors (Lipinski definition) is 1. The molecule has 0 aromatic rings. The van der Waals surface area contributed by atoms with Gasteiger partial charge in [0.05, 0.1) is 25.6 Å². The summed E-state index contributed by atoms with van der Waals surface area (Å²) in [6, 6.07) is 0. The number of hydrogen-bond acceptors (Lipinski definition) is 5. The maximum Gasteiger partial charge on any atom is 0.410 e. The first kappa shape index (κ1) is 19.1. The van der Waals surface area contributed by atoms with E-state index in [1.807, 2.05) is 27.0 Å². The van der Waals surface area contributed by atoms with E-state index >= 15 is 0 Å². The summed E-state index contributed by atoms with van der Waals surface area (Å²) in [5.41, 5.74) is 1.23. The van der Waals surface area contributed by atoms with Gasteiger partial charge in [-0.15, -0.1) is 0 Å². The second kappa shape index (κ2) is 7.35. The largest absolute Gasteiger partial charge is 1.00 e. The highest BCUT2D eigenvalue weighted by Gasteiger charge is 2.38. The first-order valence-electron chi connectivity index (χ1n) is 7.50. The normalized spacial score (nSPS) is 26.0. The Morgan fingerprint density at radius 3 is 2.96 bits per heavy atom. The molecule has 2 unspecified atom stereocenters. The Kier molecular flexibility index (Phi) is 5.85. The molecule has 3 aliphatic rings. The number of halogens is 2. The van der Waals surface area contributed by atoms with E-state index in [4.69, 9.17) is 9.47 Å². The fraction of sp³-hybridized carbons (Fsp3) is 0.533. The maximum atomic E-state index is 12.3. The SMILES string of the molecule is CC(C)(C)OC(=O)N1CCOC(C2=C3C=NC=C[NH+]3C(Br)=N2)C1.[Cl-]. The van der Waals surface area contributed by atoms with Gasteiger partial charge in [0.1, 0.15) is 23.6 Å². The smallest absolute Gasteiger partial charge is 0.410 e. The molecule has 1 amide bonds. The van der Waals surface area contributed by atoms with Crippen molar-refractivity contribution in [3.8, 4) is 0 Å². The number of allylic oxidation sites excluding steroid dienone is 1. The molecule has 1 saturated heterocycles. The zero-order valence-electron chi connectivity index (χ0n) is 13.8. The third-order valence-corrected chi connectivity index (χ3v) is 4.17. The topological polar surface area (TPSA) is 67.9 Å². The van der Waals surface area contributed by atoms with E-state index in [9.17, 15) is 4.79 Å². The molecule has 0 aromatic heterocycles. The first-order chi connectivity index (χ1) is 10.8. The molecule has 0 saturated carbocycles. The number of fused-ring (bicyclic) bond motifs is 1. The van der Waals surface area contributed by atoms with Gasteiger partial charge in [0.15, 0.2) is 5.70 Å². The number of nitrogens with one attached hydrogen (secondary N) is 1. The molecule has 0 spiro atoms. The number of morpholine rings is 1. The van der Waals surface area contributed by atoms with Crippen LogP contribution in [0.4, 0.5) is 4.79 Å². The van der Waals surface area contributed by atoms with Gasteiger partial charge in [-0.25, -0.2) is 9.69 Å². The number of ether oxygens (including phenoxy) is 2. The average Bonchev–Trinajstić information content (AvgIpc) is 2.83. The van der Waals surface area contributed by atoms with Gasteiger partial charge >= 0.3 is 6.09 Å². The summed E-state index contributed by atoms with van der Waals surface area (Å²) in [5.74, 6) is 0. The van der Waals surface area contributed by atoms with Crippen molar-refractivity contribution in [2.45, 2.75) is 32.5 Å². The minimum Gasteiger partial charge on any atom is -1.00 e. The maximum absolute atomic E-state index is 12.3. The molecule has 9 heteroatoms. The Hall–Kier alpha value is -1.22. The molecule has 1 N–H and O–H groups in total. The Balaban J connectivity index is 0.00000208. The summed E-state index contributed by atoms with van der Waals surface area (Å²) in [6.07, 6.45) is 4.81. The highest BCUT2D eigenvalue weighted by atomic mass is 79.9. The van der Waals surface area contributed by atoms with Crippen molar-refractivity contribution in [1.82, 2.24) is 4.90 Å². The van der Waals surface area contributed by atoms with Gasteiger partial charge in [-0.05, 0) is 20.8 Å². The minimum absolute atomic E-state index is 0. The van der Waals surface area contributed by atoms with Crippen molar-refractivity contribution in [3.63, 3.8) is 0 Å². The molecule has 1 fully saturated rings. The quantitative estimate of drug-likeness (QED) is 0.502. The van der Waals surface area contributed by atoms with Gasteiger partial charge < -0.3 is 26.8 Å². The summed E-state index contributed by atoms with van der Waals surface area (Å²) in [6.45, 7) is 6.97. The predicted octanol–water partition coefficient (Wildman–Crippen LogP) is -1.96. The lowest BCUT2D eigenvalue weighted by Crippen LogP contribution is -3.07. The fourth-order valence-corrected chi connectivity index (χ4v) is 3.09. The van der Waals surface area contributed by atoms with Gasteiger partial charge in [-0.1, -0.05) is 0 Å². The van der Waals surface area contributed by atoms with Crippen LogP contribution in [-0.2, 0) is 9.47 Å². The number of amides is 1. The van der Waals surface area contributed by atoms with E-state index in [-0.39, 0.29) is 24.6 Å². The van der Waals surface area contributed by atoms with Crippen molar-refractivity contribution >= 4 is 33.0 Å². The van der Waals surface area contributed by atoms with Crippen molar-refractivity contribution in [2.75, 3.05) is 19.7 Å². The van der Waals surface area contributed by atoms with E-state index in [0.717, 1.165) is 21.0 Å². The van der Waals surface area contributed by atoms with Crippen LogP contribution in [0.25, 0.3) is 0 Å². The van der Waals surface area contributed by atoms with Crippen LogP contribution >= 0.6 is 15.9 Å². The summed E-state index contributed by atoms with van der Waals surface area (Å²) >= 11 is 3.47. The molecule has 7 nitrogen and oxygen atoms in total. The summed E-state index contributed by atoms with van der Waals surface area (Å²) < 4.78 is 12.0. The van der Waals surface area contributed by atoms with Crippen LogP contribution in [0.3, 0.4) is 0 Å². The molecule has 0 bridgehead atoms. The van der Waals surface area contributed by atoms with Crippen LogP contribution in [0.15, 0.2) is 33.8 Å². The zero-order valence-corrected chi connectivity index (χ0v) is 16.1. The molecule has 2 atom stereocenters. The van der Waals surface area contributed by atoms with Gasteiger partial charge in [0.25, 0.3) is 4.74 Å². The van der Waals surface area contributed by atoms with E-state index < -0.39 is 5.60 Å². The lowest BCUT2D eigenvalue weighted by atomic mass is 10.1. The van der Waals surface area contributed by atoms with Crippen LogP contribution in [0, 0.1) is 0 Å². The van der Waals surface area contributed by atoms with Crippen molar-refractivity contribution in [3.05, 3.63) is 23.8 Å². The molecular formula is C15H20BrClN4O3. The minimum atomic E-state index is -0.511. The van der Waals surface area contributed by atoms with Gasteiger partial charge in [0, 0.05) is 22.5 Å². The van der Waals surface area contributed by atoms with Crippen LogP contribution < -0.4 is 17.3 Å². The molecule has 0 radical (unpaired) electrons. The molecule has 3 aliphatic heterocycles. The number of nitrogens with zero attached hydrogens (tertiary/aromatic N) is 3. The number of carbonyl (C=O) groups is 1. The second-order valence-electron chi connectivity index (χ2n) is 6.49. The Morgan fingerprint density at radius 1 is 1.50 bits per heavy atom. The molecule has 0 aromatic carbocycles. The van der Waals surface area contributed by atoms with Gasteiger partial charge in [-0.3, -0.25) is 4.99 Å². The van der Waals surface area contributed by atoms with Crippen molar-refractivity contribution in [2.24, 2.45) is 9.98 Å². The highest BCUT2D eigenvalue weighted by Crippen LogP contribution is 2.21. The van der Waals surface area contributed by atoms with Gasteiger partial charge in [0.2, 0.25) is 0 Å². The Labute approximate surface area is 155 Å². The number of quaternary nitrogens is 1. The van der Waals surface area contributed by atoms with Crippen LogP contribution in [0.2, 0.25) is 0 Å². The van der Waals surface area contributed by atoms with E-state index in [0.29, 0.717) is 19.7 Å². The lowest BCUT2D eigenvalue weighted by molar-refractivity contribution is -0.685. The molecular weight excluding hydrogens is 400 g/mol. The molecule has 132 valence electrons. The predicted molar refractivity (Wildman–Crippen MR) is 89.5 cm³/mol. The highest BCUT2D eigenvalue weighted by molar-refractivity contribution is 9.18. The molecule has 24 heavy (non-hydrogen) atoms. The molecule has 3 rings (SSSR count).